The van der Waals surface area contributed by atoms with E-state index in [0.717, 1.165) is 5.75 Å². The van der Waals surface area contributed by atoms with Crippen molar-refractivity contribution < 1.29 is 4.74 Å². The maximum Gasteiger partial charge on any atom is 0.133 e. The van der Waals surface area contributed by atoms with Crippen LogP contribution in [0.25, 0.3) is 21.9 Å². The summed E-state index contributed by atoms with van der Waals surface area (Å²) >= 11 is 1.71. The SMILES string of the molecule is COc1cc2ccc(-c3ccccc3)cc2cc1SC. The van der Waals surface area contributed by atoms with Gasteiger partial charge in [0.15, 0.2) is 0 Å². The van der Waals surface area contributed by atoms with Gasteiger partial charge in [-0.05, 0) is 46.4 Å². The summed E-state index contributed by atoms with van der Waals surface area (Å²) in [6, 6.07) is 21.3. The summed E-state index contributed by atoms with van der Waals surface area (Å²) in [6.45, 7) is 0. The molecule has 0 aliphatic heterocycles. The standard InChI is InChI=1S/C18H16OS/c1-19-17-11-15-9-8-14(13-6-4-3-5-7-13)10-16(15)12-18(17)20-2/h3-12H,1-2H3. The van der Waals surface area contributed by atoms with Crippen LogP contribution in [0.2, 0.25) is 0 Å². The summed E-state index contributed by atoms with van der Waals surface area (Å²) in [4.78, 5) is 1.17. The van der Waals surface area contributed by atoms with Crippen molar-refractivity contribution in [3.63, 3.8) is 0 Å². The summed E-state index contributed by atoms with van der Waals surface area (Å²) in [5.74, 6) is 0.942. The van der Waals surface area contributed by atoms with Gasteiger partial charge in [0.2, 0.25) is 0 Å². The van der Waals surface area contributed by atoms with Crippen LogP contribution in [0.3, 0.4) is 0 Å². The van der Waals surface area contributed by atoms with E-state index >= 15 is 0 Å². The van der Waals surface area contributed by atoms with Crippen LogP contribution in [0.5, 0.6) is 5.75 Å². The molecule has 3 rings (SSSR count). The van der Waals surface area contributed by atoms with Crippen molar-refractivity contribution in [1.82, 2.24) is 0 Å². The van der Waals surface area contributed by atoms with E-state index in [1.165, 1.54) is 26.8 Å². The highest BCUT2D eigenvalue weighted by Crippen LogP contribution is 2.34. The summed E-state index contributed by atoms with van der Waals surface area (Å²) in [5.41, 5.74) is 2.49. The van der Waals surface area contributed by atoms with Gasteiger partial charge in [-0.15, -0.1) is 11.8 Å². The van der Waals surface area contributed by atoms with Gasteiger partial charge in [-0.3, -0.25) is 0 Å². The van der Waals surface area contributed by atoms with Crippen LogP contribution in [0, 0.1) is 0 Å². The average molecular weight is 280 g/mol. The molecule has 0 fully saturated rings. The van der Waals surface area contributed by atoms with Gasteiger partial charge in [0.05, 0.1) is 7.11 Å². The van der Waals surface area contributed by atoms with E-state index in [9.17, 15) is 0 Å². The Morgan fingerprint density at radius 3 is 2.30 bits per heavy atom. The Morgan fingerprint density at radius 2 is 1.60 bits per heavy atom. The lowest BCUT2D eigenvalue weighted by Gasteiger charge is -2.10. The fraction of sp³-hybridized carbons (Fsp3) is 0.111. The predicted molar refractivity (Wildman–Crippen MR) is 87.7 cm³/mol. The first-order valence-corrected chi connectivity index (χ1v) is 7.75. The molecule has 0 saturated carbocycles. The Kier molecular flexibility index (Phi) is 3.66. The number of benzene rings is 3. The minimum Gasteiger partial charge on any atom is -0.496 e. The van der Waals surface area contributed by atoms with Gasteiger partial charge in [0.1, 0.15) is 5.75 Å². The van der Waals surface area contributed by atoms with Crippen LogP contribution >= 0.6 is 11.8 Å². The molecule has 0 saturated heterocycles. The Labute approximate surface area is 123 Å². The molecule has 0 aliphatic rings. The highest BCUT2D eigenvalue weighted by Gasteiger charge is 2.06. The van der Waals surface area contributed by atoms with E-state index in [-0.39, 0.29) is 0 Å². The van der Waals surface area contributed by atoms with Crippen LogP contribution < -0.4 is 4.74 Å². The highest BCUT2D eigenvalue weighted by atomic mass is 32.2. The number of hydrogen-bond donors (Lipinski definition) is 0. The van der Waals surface area contributed by atoms with E-state index < -0.39 is 0 Å². The zero-order valence-electron chi connectivity index (χ0n) is 11.6. The lowest BCUT2D eigenvalue weighted by atomic mass is 10.0. The molecule has 3 aromatic rings. The van der Waals surface area contributed by atoms with Crippen LogP contribution in [-0.2, 0) is 0 Å². The molecule has 1 nitrogen and oxygen atoms in total. The van der Waals surface area contributed by atoms with Gasteiger partial charge >= 0.3 is 0 Å². The molecular formula is C18H16OS. The smallest absolute Gasteiger partial charge is 0.133 e. The molecule has 0 N–H and O–H groups in total. The molecule has 0 radical (unpaired) electrons. The third-order valence-corrected chi connectivity index (χ3v) is 4.21. The zero-order chi connectivity index (χ0) is 13.9. The first-order chi connectivity index (χ1) is 9.81. The zero-order valence-corrected chi connectivity index (χ0v) is 12.4. The minimum absolute atomic E-state index is 0.942. The first-order valence-electron chi connectivity index (χ1n) is 6.53. The second kappa shape index (κ2) is 5.59. The van der Waals surface area contributed by atoms with Gasteiger partial charge in [-0.1, -0.05) is 42.5 Å². The third kappa shape index (κ3) is 2.39. The Morgan fingerprint density at radius 1 is 0.800 bits per heavy atom. The molecule has 0 heterocycles. The number of rotatable bonds is 3. The average Bonchev–Trinajstić information content (AvgIpc) is 2.53. The van der Waals surface area contributed by atoms with Crippen LogP contribution in [0.15, 0.2) is 65.6 Å². The highest BCUT2D eigenvalue weighted by molar-refractivity contribution is 7.98. The summed E-state index contributed by atoms with van der Waals surface area (Å²) in [7, 11) is 1.72. The molecule has 0 aromatic heterocycles. The van der Waals surface area contributed by atoms with Gasteiger partial charge < -0.3 is 4.74 Å². The maximum atomic E-state index is 5.44. The van der Waals surface area contributed by atoms with Gasteiger partial charge in [0, 0.05) is 4.90 Å². The number of methoxy groups -OCH3 is 1. The van der Waals surface area contributed by atoms with Crippen molar-refractivity contribution in [3.05, 3.63) is 60.7 Å². The third-order valence-electron chi connectivity index (χ3n) is 3.45. The fourth-order valence-corrected chi connectivity index (χ4v) is 2.97. The van der Waals surface area contributed by atoms with Gasteiger partial charge in [-0.2, -0.15) is 0 Å². The van der Waals surface area contributed by atoms with E-state index in [4.69, 9.17) is 4.74 Å². The number of fused-ring (bicyclic) bond motifs is 1. The molecule has 100 valence electrons. The van der Waals surface area contributed by atoms with Crippen molar-refractivity contribution >= 4 is 22.5 Å². The summed E-state index contributed by atoms with van der Waals surface area (Å²) in [5, 5.41) is 2.45. The van der Waals surface area contributed by atoms with Crippen molar-refractivity contribution in [3.8, 4) is 16.9 Å². The van der Waals surface area contributed by atoms with Crippen molar-refractivity contribution in [2.24, 2.45) is 0 Å². The van der Waals surface area contributed by atoms with Crippen molar-refractivity contribution in [2.75, 3.05) is 13.4 Å². The second-order valence-corrected chi connectivity index (χ2v) is 5.48. The van der Waals surface area contributed by atoms with Crippen LogP contribution in [-0.4, -0.2) is 13.4 Å². The normalized spacial score (nSPS) is 10.7. The molecule has 3 aromatic carbocycles. The monoisotopic (exact) mass is 280 g/mol. The molecular weight excluding hydrogens is 264 g/mol. The number of thioether (sulfide) groups is 1. The molecule has 0 bridgehead atoms. The van der Waals surface area contributed by atoms with E-state index in [1.807, 2.05) is 6.07 Å². The minimum atomic E-state index is 0.942. The molecule has 2 heteroatoms. The molecule has 0 aliphatic carbocycles. The second-order valence-electron chi connectivity index (χ2n) is 4.64. The molecule has 0 unspecified atom stereocenters. The summed E-state index contributed by atoms with van der Waals surface area (Å²) in [6.07, 6.45) is 2.07. The van der Waals surface area contributed by atoms with Crippen LogP contribution in [0.1, 0.15) is 0 Å². The topological polar surface area (TPSA) is 9.23 Å². The molecule has 0 amide bonds. The number of hydrogen-bond acceptors (Lipinski definition) is 2. The first kappa shape index (κ1) is 13.1. The van der Waals surface area contributed by atoms with Crippen molar-refractivity contribution in [2.45, 2.75) is 4.90 Å². The lowest BCUT2D eigenvalue weighted by molar-refractivity contribution is 0.405. The quantitative estimate of drug-likeness (QED) is 0.607. The fourth-order valence-electron chi connectivity index (χ4n) is 2.39. The lowest BCUT2D eigenvalue weighted by Crippen LogP contribution is -1.87. The van der Waals surface area contributed by atoms with E-state index in [0.29, 0.717) is 0 Å². The summed E-state index contributed by atoms with van der Waals surface area (Å²) < 4.78 is 5.44. The van der Waals surface area contributed by atoms with E-state index in [1.54, 1.807) is 18.9 Å². The maximum absolute atomic E-state index is 5.44. The molecule has 0 atom stereocenters. The largest absolute Gasteiger partial charge is 0.496 e. The Bertz CT molecular complexity index is 735. The van der Waals surface area contributed by atoms with Crippen molar-refractivity contribution in [1.29, 1.82) is 0 Å². The predicted octanol–water partition coefficient (Wildman–Crippen LogP) is 5.24. The number of ether oxygens (including phenoxy) is 1. The Balaban J connectivity index is 2.16. The van der Waals surface area contributed by atoms with Crippen LogP contribution in [0.4, 0.5) is 0 Å². The van der Waals surface area contributed by atoms with Gasteiger partial charge in [0.25, 0.3) is 0 Å². The molecule has 0 spiro atoms. The van der Waals surface area contributed by atoms with Gasteiger partial charge in [-0.25, -0.2) is 0 Å². The molecule has 20 heavy (non-hydrogen) atoms. The van der Waals surface area contributed by atoms with E-state index in [2.05, 4.69) is 60.9 Å². The Hall–Kier alpha value is -1.93.